The Morgan fingerprint density at radius 3 is 2.27 bits per heavy atom. The van der Waals surface area contributed by atoms with E-state index in [1.165, 1.54) is 6.07 Å². The van der Waals surface area contributed by atoms with Crippen molar-refractivity contribution in [2.75, 3.05) is 5.32 Å². The van der Waals surface area contributed by atoms with Gasteiger partial charge in [0.1, 0.15) is 5.82 Å². The first-order chi connectivity index (χ1) is 15.3. The normalized spacial score (nSPS) is 11.2. The van der Waals surface area contributed by atoms with Gasteiger partial charge < -0.3 is 15.0 Å². The van der Waals surface area contributed by atoms with Crippen molar-refractivity contribution in [1.82, 2.24) is 4.57 Å². The number of anilines is 1. The van der Waals surface area contributed by atoms with Crippen molar-refractivity contribution in [3.63, 3.8) is 0 Å². The molecule has 3 aromatic carbocycles. The van der Waals surface area contributed by atoms with Gasteiger partial charge in [-0.15, -0.1) is 12.4 Å². The maximum Gasteiger partial charge on any atom is 0.416 e. The van der Waals surface area contributed by atoms with Crippen LogP contribution < -0.4 is 5.32 Å². The molecule has 0 bridgehead atoms. The summed E-state index contributed by atoms with van der Waals surface area (Å²) in [6.07, 6.45) is -4.63. The molecule has 0 aliphatic rings. The SMILES string of the molecule is Cl.O=C(O)Cc1c(NCc2cccc(C(F)(F)F)c2)n(Cc2ccccc2)c2ccccc12. The molecule has 0 spiro atoms. The third kappa shape index (κ3) is 5.49. The van der Waals surface area contributed by atoms with Gasteiger partial charge in [0.2, 0.25) is 0 Å². The zero-order valence-electron chi connectivity index (χ0n) is 17.5. The second-order valence-corrected chi connectivity index (χ2v) is 7.54. The van der Waals surface area contributed by atoms with Gasteiger partial charge >= 0.3 is 12.1 Å². The molecule has 172 valence electrons. The average molecular weight is 475 g/mol. The lowest BCUT2D eigenvalue weighted by Gasteiger charge is -2.15. The fourth-order valence-electron chi connectivity index (χ4n) is 3.88. The Labute approximate surface area is 195 Å². The minimum atomic E-state index is -4.42. The van der Waals surface area contributed by atoms with Gasteiger partial charge in [-0.05, 0) is 29.3 Å². The highest BCUT2D eigenvalue weighted by atomic mass is 35.5. The molecule has 0 saturated heterocycles. The number of halogens is 4. The Morgan fingerprint density at radius 2 is 1.58 bits per heavy atom. The van der Waals surface area contributed by atoms with Gasteiger partial charge in [-0.1, -0.05) is 60.7 Å². The second kappa shape index (κ2) is 10.0. The van der Waals surface area contributed by atoms with E-state index < -0.39 is 17.7 Å². The van der Waals surface area contributed by atoms with Crippen LogP contribution in [0.25, 0.3) is 10.9 Å². The number of carbonyl (C=O) groups is 1. The largest absolute Gasteiger partial charge is 0.481 e. The zero-order chi connectivity index (χ0) is 22.7. The standard InChI is InChI=1S/C25H21F3N2O2.ClH/c26-25(27,28)19-10-6-9-18(13-19)15-29-24-21(14-23(31)32)20-11-4-5-12-22(20)30(24)16-17-7-2-1-3-8-17;/h1-13,29H,14-16H2,(H,31,32);1H. The third-order valence-electron chi connectivity index (χ3n) is 5.30. The zero-order valence-corrected chi connectivity index (χ0v) is 18.3. The summed E-state index contributed by atoms with van der Waals surface area (Å²) >= 11 is 0. The van der Waals surface area contributed by atoms with Crippen LogP contribution in [0, 0.1) is 0 Å². The molecule has 4 rings (SSSR count). The summed E-state index contributed by atoms with van der Waals surface area (Å²) in [6.45, 7) is 0.619. The number of hydrogen-bond donors (Lipinski definition) is 2. The van der Waals surface area contributed by atoms with Crippen LogP contribution in [0.4, 0.5) is 19.0 Å². The number of aliphatic carboxylic acids is 1. The molecular weight excluding hydrogens is 453 g/mol. The molecule has 0 aliphatic heterocycles. The van der Waals surface area contributed by atoms with Crippen LogP contribution >= 0.6 is 12.4 Å². The molecule has 1 aromatic heterocycles. The minimum absolute atomic E-state index is 0. The quantitative estimate of drug-likeness (QED) is 0.327. The van der Waals surface area contributed by atoms with E-state index in [1.54, 1.807) is 6.07 Å². The summed E-state index contributed by atoms with van der Waals surface area (Å²) in [7, 11) is 0. The number of para-hydroxylation sites is 1. The first-order valence-electron chi connectivity index (χ1n) is 10.1. The number of hydrogen-bond acceptors (Lipinski definition) is 2. The van der Waals surface area contributed by atoms with E-state index in [2.05, 4.69) is 5.32 Å². The van der Waals surface area contributed by atoms with E-state index in [9.17, 15) is 23.1 Å². The molecule has 0 aliphatic carbocycles. The first kappa shape index (κ1) is 24.2. The average Bonchev–Trinajstić information content (AvgIpc) is 3.05. The van der Waals surface area contributed by atoms with Crippen molar-refractivity contribution in [1.29, 1.82) is 0 Å². The summed E-state index contributed by atoms with van der Waals surface area (Å²) in [5.74, 6) is -0.385. The number of nitrogens with one attached hydrogen (secondary N) is 1. The Hall–Kier alpha value is -3.45. The van der Waals surface area contributed by atoms with Crippen LogP contribution in [0.2, 0.25) is 0 Å². The fraction of sp³-hybridized carbons (Fsp3) is 0.160. The molecular formula is C25H22ClF3N2O2. The summed E-state index contributed by atoms with van der Waals surface area (Å²) < 4.78 is 41.3. The monoisotopic (exact) mass is 474 g/mol. The Bertz CT molecular complexity index is 1250. The molecule has 33 heavy (non-hydrogen) atoms. The molecule has 0 saturated carbocycles. The number of benzene rings is 3. The van der Waals surface area contributed by atoms with Crippen LogP contribution in [0.5, 0.6) is 0 Å². The van der Waals surface area contributed by atoms with Crippen LogP contribution in [0.1, 0.15) is 22.3 Å². The van der Waals surface area contributed by atoms with Gasteiger partial charge in [0.25, 0.3) is 0 Å². The number of fused-ring (bicyclic) bond motifs is 1. The lowest BCUT2D eigenvalue weighted by Crippen LogP contribution is -2.12. The Kier molecular flexibility index (Phi) is 7.33. The topological polar surface area (TPSA) is 54.3 Å². The second-order valence-electron chi connectivity index (χ2n) is 7.54. The summed E-state index contributed by atoms with van der Waals surface area (Å²) in [4.78, 5) is 11.6. The third-order valence-corrected chi connectivity index (χ3v) is 5.30. The molecule has 0 radical (unpaired) electrons. The maximum atomic E-state index is 13.1. The van der Waals surface area contributed by atoms with Gasteiger partial charge in [-0.2, -0.15) is 13.2 Å². The minimum Gasteiger partial charge on any atom is -0.481 e. The molecule has 2 N–H and O–H groups in total. The molecule has 4 nitrogen and oxygen atoms in total. The molecule has 0 atom stereocenters. The smallest absolute Gasteiger partial charge is 0.416 e. The number of nitrogens with zero attached hydrogens (tertiary/aromatic N) is 1. The lowest BCUT2D eigenvalue weighted by atomic mass is 10.1. The van der Waals surface area contributed by atoms with Crippen molar-refractivity contribution in [2.45, 2.75) is 25.7 Å². The van der Waals surface area contributed by atoms with Crippen molar-refractivity contribution in [3.8, 4) is 0 Å². The van der Waals surface area contributed by atoms with E-state index >= 15 is 0 Å². The summed E-state index contributed by atoms with van der Waals surface area (Å²) in [5.41, 5.74) is 2.23. The molecule has 0 fully saturated rings. The number of carboxylic acid groups (broad SMARTS) is 1. The van der Waals surface area contributed by atoms with Crippen molar-refractivity contribution in [3.05, 3.63) is 101 Å². The van der Waals surface area contributed by atoms with Gasteiger partial charge in [-0.25, -0.2) is 0 Å². The highest BCUT2D eigenvalue weighted by molar-refractivity contribution is 5.93. The van der Waals surface area contributed by atoms with Gasteiger partial charge in [-0.3, -0.25) is 4.79 Å². The van der Waals surface area contributed by atoms with E-state index in [4.69, 9.17) is 0 Å². The van der Waals surface area contributed by atoms with Crippen LogP contribution in [0.15, 0.2) is 78.9 Å². The highest BCUT2D eigenvalue weighted by Gasteiger charge is 2.30. The van der Waals surface area contributed by atoms with Gasteiger partial charge in [0.15, 0.2) is 0 Å². The predicted molar refractivity (Wildman–Crippen MR) is 125 cm³/mol. The van der Waals surface area contributed by atoms with Crippen LogP contribution in [-0.4, -0.2) is 15.6 Å². The van der Waals surface area contributed by atoms with Gasteiger partial charge in [0.05, 0.1) is 17.5 Å². The maximum absolute atomic E-state index is 13.1. The number of carboxylic acids is 1. The highest BCUT2D eigenvalue weighted by Crippen LogP contribution is 2.33. The number of aromatic nitrogens is 1. The van der Waals surface area contributed by atoms with E-state index in [-0.39, 0.29) is 25.4 Å². The molecule has 1 heterocycles. The van der Waals surface area contributed by atoms with Crippen molar-refractivity contribution >= 4 is 35.1 Å². The van der Waals surface area contributed by atoms with Crippen molar-refractivity contribution < 1.29 is 23.1 Å². The molecule has 8 heteroatoms. The van der Waals surface area contributed by atoms with E-state index in [1.807, 2.05) is 59.2 Å². The fourth-order valence-corrected chi connectivity index (χ4v) is 3.88. The van der Waals surface area contributed by atoms with Crippen LogP contribution in [-0.2, 0) is 30.5 Å². The molecule has 0 unspecified atom stereocenters. The summed E-state index contributed by atoms with van der Waals surface area (Å²) in [6, 6.07) is 22.3. The predicted octanol–water partition coefficient (Wildman–Crippen LogP) is 6.37. The van der Waals surface area contributed by atoms with E-state index in [0.717, 1.165) is 28.6 Å². The summed E-state index contributed by atoms with van der Waals surface area (Å²) in [5, 5.41) is 13.5. The lowest BCUT2D eigenvalue weighted by molar-refractivity contribution is -0.138. The number of alkyl halides is 3. The Balaban J connectivity index is 0.00000306. The van der Waals surface area contributed by atoms with E-state index in [0.29, 0.717) is 23.5 Å². The number of rotatable bonds is 7. The van der Waals surface area contributed by atoms with Gasteiger partial charge in [0, 0.05) is 24.0 Å². The van der Waals surface area contributed by atoms with Crippen LogP contribution in [0.3, 0.4) is 0 Å². The first-order valence-corrected chi connectivity index (χ1v) is 10.1. The molecule has 0 amide bonds. The Morgan fingerprint density at radius 1 is 0.909 bits per heavy atom. The molecule has 4 aromatic rings. The van der Waals surface area contributed by atoms with Crippen molar-refractivity contribution in [2.24, 2.45) is 0 Å².